The van der Waals surface area contributed by atoms with E-state index in [0.717, 1.165) is 54.1 Å². The van der Waals surface area contributed by atoms with E-state index in [-0.39, 0.29) is 41.7 Å². The number of fused-ring (bicyclic) bond motifs is 2. The fourth-order valence-corrected chi connectivity index (χ4v) is 11.4. The summed E-state index contributed by atoms with van der Waals surface area (Å²) in [5.74, 6) is 2.12. The molecule has 1 aliphatic heterocycles. The molecule has 1 fully saturated rings. The quantitative estimate of drug-likeness (QED) is 0.0677. The van der Waals surface area contributed by atoms with Crippen LogP contribution >= 0.6 is 12.4 Å². The van der Waals surface area contributed by atoms with Crippen molar-refractivity contribution in [3.8, 4) is 34.0 Å². The highest BCUT2D eigenvalue weighted by atomic mass is 35.5. The second-order valence-corrected chi connectivity index (χ2v) is 21.5. The van der Waals surface area contributed by atoms with Crippen LogP contribution in [0.15, 0.2) is 180 Å². The third kappa shape index (κ3) is 12.7. The molecule has 0 amide bonds. The Labute approximate surface area is 462 Å². The van der Waals surface area contributed by atoms with Crippen molar-refractivity contribution in [2.45, 2.75) is 49.2 Å². The molecule has 4 aromatic carbocycles. The minimum absolute atomic E-state index is 0. The largest absolute Gasteiger partial charge is 0.491 e. The number of pyridine rings is 2. The van der Waals surface area contributed by atoms with Gasteiger partial charge < -0.3 is 34.7 Å². The summed E-state index contributed by atoms with van der Waals surface area (Å²) in [5, 5.41) is 16.7. The number of rotatable bonds is 18. The topological polar surface area (TPSA) is 237 Å². The Bertz CT molecular complexity index is 3940. The average Bonchev–Trinajstić information content (AvgIpc) is 4.32. The maximum absolute atomic E-state index is 13.5. The minimum atomic E-state index is -3.87. The average molecular weight is 1120 g/mol. The molecule has 0 spiro atoms. The molecule has 1 atom stereocenters. The molecule has 79 heavy (non-hydrogen) atoms. The lowest BCUT2D eigenvalue weighted by molar-refractivity contribution is -0.165. The van der Waals surface area contributed by atoms with Gasteiger partial charge in [-0.05, 0) is 141 Å². The summed E-state index contributed by atoms with van der Waals surface area (Å²) < 4.78 is 78.8. The number of aromatic nitrogens is 8. The number of aryl methyl sites for hydroxylation is 2. The Kier molecular flexibility index (Phi) is 17.5. The summed E-state index contributed by atoms with van der Waals surface area (Å²) >= 11 is 0. The van der Waals surface area contributed by atoms with Crippen molar-refractivity contribution in [2.24, 2.45) is 0 Å². The number of hydrogen-bond donors (Lipinski definition) is 3. The molecule has 0 aliphatic carbocycles. The highest BCUT2D eigenvalue weighted by Crippen LogP contribution is 2.34. The van der Waals surface area contributed by atoms with Gasteiger partial charge in [-0.25, -0.2) is 54.7 Å². The Morgan fingerprint density at radius 3 is 1.53 bits per heavy atom. The van der Waals surface area contributed by atoms with Gasteiger partial charge in [0.2, 0.25) is 11.9 Å². The van der Waals surface area contributed by atoms with Crippen LogP contribution in [0.25, 0.3) is 44.6 Å². The molecule has 1 aliphatic rings. The summed E-state index contributed by atoms with van der Waals surface area (Å²) in [4.78, 5) is 27.2. The monoisotopic (exact) mass is 1120 g/mol. The van der Waals surface area contributed by atoms with Gasteiger partial charge in [-0.15, -0.1) is 12.4 Å². The van der Waals surface area contributed by atoms with E-state index in [0.29, 0.717) is 75.4 Å². The molecule has 3 N–H and O–H groups in total. The third-order valence-electron chi connectivity index (χ3n) is 12.6. The first-order valence-corrected chi connectivity index (χ1v) is 27.9. The van der Waals surface area contributed by atoms with Gasteiger partial charge in [-0.2, -0.15) is 0 Å². The normalized spacial score (nSPS) is 13.5. The molecule has 0 radical (unpaired) electrons. The number of nitrogens with one attached hydrogen (secondary N) is 2. The molecule has 1 saturated heterocycles. The van der Waals surface area contributed by atoms with Gasteiger partial charge >= 0.3 is 0 Å². The van der Waals surface area contributed by atoms with Crippen LogP contribution in [0.3, 0.4) is 0 Å². The van der Waals surface area contributed by atoms with Gasteiger partial charge in [0.15, 0.2) is 17.6 Å². The fourth-order valence-electron chi connectivity index (χ4n) is 8.70. The summed E-state index contributed by atoms with van der Waals surface area (Å²) in [6.07, 6.45) is 12.5. The summed E-state index contributed by atoms with van der Waals surface area (Å²) in [6.45, 7) is 5.70. The molecule has 6 aromatic heterocycles. The summed E-state index contributed by atoms with van der Waals surface area (Å²) in [7, 11) is -7.73. The lowest BCUT2D eigenvalue weighted by Crippen LogP contribution is -2.24. The van der Waals surface area contributed by atoms with E-state index in [2.05, 4.69) is 35.6 Å². The second-order valence-electron chi connectivity index (χ2n) is 17.9. The van der Waals surface area contributed by atoms with Gasteiger partial charge in [-0.3, -0.25) is 0 Å². The maximum atomic E-state index is 13.5. The van der Waals surface area contributed by atoms with Crippen LogP contribution < -0.4 is 20.1 Å². The fraction of sp³-hybridized carbons (Fsp3) is 0.193. The number of ether oxygens (including phenoxy) is 4. The van der Waals surface area contributed by atoms with Crippen molar-refractivity contribution >= 4 is 77.8 Å². The van der Waals surface area contributed by atoms with Gasteiger partial charge in [0.1, 0.15) is 24.7 Å². The van der Waals surface area contributed by atoms with E-state index in [1.54, 1.807) is 128 Å². The molecule has 7 heterocycles. The first-order chi connectivity index (χ1) is 38.0. The molecular formula is C57H55ClN10O9S2. The van der Waals surface area contributed by atoms with Crippen molar-refractivity contribution in [2.75, 3.05) is 43.7 Å². The first kappa shape index (κ1) is 55.4. The van der Waals surface area contributed by atoms with E-state index in [9.17, 15) is 16.8 Å². The zero-order valence-corrected chi connectivity index (χ0v) is 45.4. The lowest BCUT2D eigenvalue weighted by atomic mass is 10.1. The van der Waals surface area contributed by atoms with Gasteiger partial charge in [-0.1, -0.05) is 36.4 Å². The Morgan fingerprint density at radius 2 is 1.08 bits per heavy atom. The van der Waals surface area contributed by atoms with Gasteiger partial charge in [0.25, 0.3) is 20.0 Å². The zero-order valence-electron chi connectivity index (χ0n) is 42.9. The van der Waals surface area contributed by atoms with E-state index in [4.69, 9.17) is 29.0 Å². The molecule has 0 bridgehead atoms. The Hall–Kier alpha value is -8.31. The van der Waals surface area contributed by atoms with Gasteiger partial charge in [0.05, 0.1) is 34.4 Å². The van der Waals surface area contributed by atoms with Crippen LogP contribution in [0.5, 0.6) is 11.5 Å². The van der Waals surface area contributed by atoms with Crippen LogP contribution in [-0.2, 0) is 29.5 Å². The third-order valence-corrected chi connectivity index (χ3v) is 15.9. The second kappa shape index (κ2) is 25.0. The van der Waals surface area contributed by atoms with E-state index in [1.807, 2.05) is 56.3 Å². The maximum Gasteiger partial charge on any atom is 0.269 e. The van der Waals surface area contributed by atoms with E-state index >= 15 is 0 Å². The van der Waals surface area contributed by atoms with Crippen molar-refractivity contribution in [3.63, 3.8) is 0 Å². The molecule has 22 heteroatoms. The smallest absolute Gasteiger partial charge is 0.269 e. The molecule has 11 rings (SSSR count). The van der Waals surface area contributed by atoms with Crippen LogP contribution in [0.1, 0.15) is 30.4 Å². The molecular weight excluding hydrogens is 1070 g/mol. The zero-order chi connectivity index (χ0) is 54.1. The number of aliphatic hydroxyl groups is 1. The van der Waals surface area contributed by atoms with E-state index in [1.165, 1.54) is 7.94 Å². The van der Waals surface area contributed by atoms with Crippen LogP contribution in [0.2, 0.25) is 0 Å². The SMILES string of the molecule is Cc1cc(OCCO)ccc1Nc1nccc(-c2cn(S(=O)(=O)c3ccccc3)c3ncccc23)n1.Cc1cc(OCCOC2CCCCO2)ccc1Nc1nccc(-c2cn(S(=O)(=O)c3ccccc3)c3ncccc23)n1.Cl. The first-order valence-electron chi connectivity index (χ1n) is 25.0. The van der Waals surface area contributed by atoms with Crippen molar-refractivity contribution in [1.82, 2.24) is 37.8 Å². The lowest BCUT2D eigenvalue weighted by Gasteiger charge is -2.22. The van der Waals surface area contributed by atoms with Gasteiger partial charge in [0, 0.05) is 77.1 Å². The number of nitrogens with zero attached hydrogens (tertiary/aromatic N) is 8. The Morgan fingerprint density at radius 1 is 0.582 bits per heavy atom. The molecule has 19 nitrogen and oxygen atoms in total. The number of halogens is 1. The molecule has 10 aromatic rings. The standard InChI is InChI=1S/C31H31N5O5S.C26H23N5O4S.ClH/c1-22-20-23(39-18-19-41-29-11-5-6-17-40-29)12-13-27(22)34-31-33-16-14-28(35-31)26-21-36(30-25(26)10-7-15-32-30)42(37,38)24-8-3-2-4-9-24;1-18-16-19(35-15-14-32)9-10-23(18)29-26-28-13-11-24(30-26)22-17-31(25-21(22)8-5-12-27-25)36(33,34)20-6-3-2-4-7-20;/h2-4,7-10,12-16,20-21,29H,5-6,11,17-19H2,1H3,(H,33,34,35);2-13,16-17,32H,14-15H2,1H3,(H,28,29,30);1H. The number of aliphatic hydroxyl groups excluding tert-OH is 1. The van der Waals surface area contributed by atoms with Crippen LogP contribution in [0.4, 0.5) is 23.3 Å². The number of anilines is 4. The minimum Gasteiger partial charge on any atom is -0.491 e. The summed E-state index contributed by atoms with van der Waals surface area (Å²) in [6, 6.07) is 38.4. The van der Waals surface area contributed by atoms with Crippen LogP contribution in [0, 0.1) is 13.8 Å². The van der Waals surface area contributed by atoms with Crippen molar-refractivity contribution < 1.29 is 40.9 Å². The molecule has 1 unspecified atom stereocenters. The molecule has 0 saturated carbocycles. The highest BCUT2D eigenvalue weighted by Gasteiger charge is 2.25. The van der Waals surface area contributed by atoms with Crippen molar-refractivity contribution in [1.29, 1.82) is 0 Å². The summed E-state index contributed by atoms with van der Waals surface area (Å²) in [5.41, 5.74) is 6.48. The van der Waals surface area contributed by atoms with Crippen LogP contribution in [-0.4, -0.2) is 99.1 Å². The van der Waals surface area contributed by atoms with E-state index < -0.39 is 20.0 Å². The van der Waals surface area contributed by atoms with Crippen molar-refractivity contribution in [3.05, 3.63) is 182 Å². The highest BCUT2D eigenvalue weighted by molar-refractivity contribution is 7.90. The Balaban J connectivity index is 0.000000191. The predicted molar refractivity (Wildman–Crippen MR) is 303 cm³/mol. The molecule has 406 valence electrons. The number of hydrogen-bond acceptors (Lipinski definition) is 17. The predicted octanol–water partition coefficient (Wildman–Crippen LogP) is 10.3. The number of benzene rings is 4.